The SMILES string of the molecule is CCCN(Cc1ccccc1)C(=O)c1nc(N)n[nH]1. The second-order valence-corrected chi connectivity index (χ2v) is 4.25. The lowest BCUT2D eigenvalue weighted by atomic mass is 10.2. The first-order valence-electron chi connectivity index (χ1n) is 6.21. The summed E-state index contributed by atoms with van der Waals surface area (Å²) in [6, 6.07) is 9.84. The van der Waals surface area contributed by atoms with E-state index in [1.165, 1.54) is 0 Å². The van der Waals surface area contributed by atoms with Crippen molar-refractivity contribution < 1.29 is 4.79 Å². The van der Waals surface area contributed by atoms with Gasteiger partial charge in [-0.25, -0.2) is 0 Å². The molecule has 1 amide bonds. The molecular weight excluding hydrogens is 242 g/mol. The van der Waals surface area contributed by atoms with Crippen LogP contribution in [0.25, 0.3) is 0 Å². The van der Waals surface area contributed by atoms with Crippen molar-refractivity contribution in [2.75, 3.05) is 12.3 Å². The first kappa shape index (κ1) is 13.1. The molecule has 2 rings (SSSR count). The summed E-state index contributed by atoms with van der Waals surface area (Å²) in [5.74, 6) is 0.0799. The predicted molar refractivity (Wildman–Crippen MR) is 72.3 cm³/mol. The van der Waals surface area contributed by atoms with Crippen LogP contribution in [0.1, 0.15) is 29.5 Å². The van der Waals surface area contributed by atoms with Crippen LogP contribution in [-0.2, 0) is 6.54 Å². The van der Waals surface area contributed by atoms with Crippen LogP contribution in [0.15, 0.2) is 30.3 Å². The monoisotopic (exact) mass is 259 g/mol. The van der Waals surface area contributed by atoms with Gasteiger partial charge in [0.05, 0.1) is 0 Å². The fourth-order valence-corrected chi connectivity index (χ4v) is 1.85. The average Bonchev–Trinajstić information content (AvgIpc) is 2.85. The van der Waals surface area contributed by atoms with E-state index < -0.39 is 0 Å². The lowest BCUT2D eigenvalue weighted by Crippen LogP contribution is -2.32. The minimum Gasteiger partial charge on any atom is -0.366 e. The zero-order chi connectivity index (χ0) is 13.7. The fraction of sp³-hybridized carbons (Fsp3) is 0.308. The number of nitrogen functional groups attached to an aromatic ring is 1. The number of anilines is 1. The Kier molecular flexibility index (Phi) is 4.12. The highest BCUT2D eigenvalue weighted by atomic mass is 16.2. The van der Waals surface area contributed by atoms with Crippen molar-refractivity contribution in [3.8, 4) is 0 Å². The Morgan fingerprint density at radius 3 is 2.68 bits per heavy atom. The van der Waals surface area contributed by atoms with Crippen molar-refractivity contribution in [2.24, 2.45) is 0 Å². The third-order valence-electron chi connectivity index (χ3n) is 2.70. The number of carbonyl (C=O) groups excluding carboxylic acids is 1. The van der Waals surface area contributed by atoms with Gasteiger partial charge in [0, 0.05) is 13.1 Å². The number of benzene rings is 1. The van der Waals surface area contributed by atoms with Crippen molar-refractivity contribution in [3.05, 3.63) is 41.7 Å². The van der Waals surface area contributed by atoms with Crippen LogP contribution in [0.3, 0.4) is 0 Å². The largest absolute Gasteiger partial charge is 0.366 e. The van der Waals surface area contributed by atoms with E-state index in [0.29, 0.717) is 13.1 Å². The normalized spacial score (nSPS) is 10.4. The summed E-state index contributed by atoms with van der Waals surface area (Å²) in [7, 11) is 0. The van der Waals surface area contributed by atoms with Crippen LogP contribution in [-0.4, -0.2) is 32.5 Å². The van der Waals surface area contributed by atoms with Gasteiger partial charge in [-0.15, -0.1) is 5.10 Å². The lowest BCUT2D eigenvalue weighted by molar-refractivity contribution is 0.0731. The van der Waals surface area contributed by atoms with Crippen molar-refractivity contribution in [1.29, 1.82) is 0 Å². The molecule has 0 aliphatic rings. The summed E-state index contributed by atoms with van der Waals surface area (Å²) in [5, 5.41) is 6.23. The van der Waals surface area contributed by atoms with Crippen LogP contribution in [0, 0.1) is 0 Å². The Labute approximate surface area is 111 Å². The summed E-state index contributed by atoms with van der Waals surface area (Å²) in [5.41, 5.74) is 6.50. The zero-order valence-electron chi connectivity index (χ0n) is 10.8. The number of nitrogens with one attached hydrogen (secondary N) is 1. The maximum absolute atomic E-state index is 12.3. The average molecular weight is 259 g/mol. The maximum atomic E-state index is 12.3. The van der Waals surface area contributed by atoms with Gasteiger partial charge in [0.2, 0.25) is 11.8 Å². The molecule has 0 fully saturated rings. The summed E-state index contributed by atoms with van der Waals surface area (Å²) in [4.78, 5) is 17.9. The number of rotatable bonds is 5. The van der Waals surface area contributed by atoms with Crippen LogP contribution in [0.2, 0.25) is 0 Å². The van der Waals surface area contributed by atoms with E-state index in [0.717, 1.165) is 12.0 Å². The quantitative estimate of drug-likeness (QED) is 0.850. The molecule has 0 radical (unpaired) electrons. The van der Waals surface area contributed by atoms with Crippen molar-refractivity contribution in [2.45, 2.75) is 19.9 Å². The minimum absolute atomic E-state index is 0.0829. The summed E-state index contributed by atoms with van der Waals surface area (Å²) < 4.78 is 0. The Morgan fingerprint density at radius 2 is 2.11 bits per heavy atom. The zero-order valence-corrected chi connectivity index (χ0v) is 10.8. The molecule has 0 spiro atoms. The molecule has 100 valence electrons. The van der Waals surface area contributed by atoms with Crippen LogP contribution in [0.4, 0.5) is 5.95 Å². The molecule has 0 aliphatic carbocycles. The number of amides is 1. The smallest absolute Gasteiger partial charge is 0.291 e. The highest BCUT2D eigenvalue weighted by Crippen LogP contribution is 2.08. The van der Waals surface area contributed by atoms with E-state index in [-0.39, 0.29) is 17.7 Å². The number of H-pyrrole nitrogens is 1. The number of aromatic nitrogens is 3. The van der Waals surface area contributed by atoms with Crippen LogP contribution < -0.4 is 5.73 Å². The molecule has 0 aliphatic heterocycles. The number of aromatic amines is 1. The predicted octanol–water partition coefficient (Wildman–Crippen LogP) is 1.44. The number of hydrogen-bond donors (Lipinski definition) is 2. The topological polar surface area (TPSA) is 87.9 Å². The molecule has 6 nitrogen and oxygen atoms in total. The molecule has 0 saturated heterocycles. The van der Waals surface area contributed by atoms with Crippen molar-refractivity contribution in [1.82, 2.24) is 20.1 Å². The van der Waals surface area contributed by atoms with Gasteiger partial charge in [0.15, 0.2) is 0 Å². The van der Waals surface area contributed by atoms with E-state index in [4.69, 9.17) is 5.73 Å². The highest BCUT2D eigenvalue weighted by molar-refractivity contribution is 5.90. The van der Waals surface area contributed by atoms with Gasteiger partial charge >= 0.3 is 0 Å². The molecule has 1 heterocycles. The number of nitrogens with zero attached hydrogens (tertiary/aromatic N) is 3. The standard InChI is InChI=1S/C13H17N5O/c1-2-8-18(9-10-6-4-3-5-7-10)12(19)11-15-13(14)17-16-11/h3-7H,2,8-9H2,1H3,(H3,14,15,16,17). The molecule has 0 saturated carbocycles. The van der Waals surface area contributed by atoms with E-state index in [9.17, 15) is 4.79 Å². The maximum Gasteiger partial charge on any atom is 0.291 e. The van der Waals surface area contributed by atoms with E-state index in [1.54, 1.807) is 4.90 Å². The first-order chi connectivity index (χ1) is 9.20. The molecule has 2 aromatic rings. The van der Waals surface area contributed by atoms with Gasteiger partial charge in [0.1, 0.15) is 0 Å². The third-order valence-corrected chi connectivity index (χ3v) is 2.70. The van der Waals surface area contributed by atoms with E-state index >= 15 is 0 Å². The summed E-state index contributed by atoms with van der Waals surface area (Å²) in [6.07, 6.45) is 0.877. The fourth-order valence-electron chi connectivity index (χ4n) is 1.85. The summed E-state index contributed by atoms with van der Waals surface area (Å²) >= 11 is 0. The number of carbonyl (C=O) groups is 1. The highest BCUT2D eigenvalue weighted by Gasteiger charge is 2.18. The second kappa shape index (κ2) is 5.99. The van der Waals surface area contributed by atoms with Crippen molar-refractivity contribution >= 4 is 11.9 Å². The minimum atomic E-state index is -0.185. The van der Waals surface area contributed by atoms with Crippen LogP contribution >= 0.6 is 0 Å². The number of hydrogen-bond acceptors (Lipinski definition) is 4. The molecule has 1 aromatic carbocycles. The Balaban J connectivity index is 2.13. The number of nitrogens with two attached hydrogens (primary N) is 1. The molecule has 0 bridgehead atoms. The first-order valence-corrected chi connectivity index (χ1v) is 6.21. The van der Waals surface area contributed by atoms with Gasteiger partial charge in [-0.2, -0.15) is 4.98 Å². The molecule has 0 unspecified atom stereocenters. The second-order valence-electron chi connectivity index (χ2n) is 4.25. The molecule has 19 heavy (non-hydrogen) atoms. The Hall–Kier alpha value is -2.37. The molecular formula is C13H17N5O. The lowest BCUT2D eigenvalue weighted by Gasteiger charge is -2.20. The van der Waals surface area contributed by atoms with Gasteiger partial charge in [-0.05, 0) is 12.0 Å². The molecule has 6 heteroatoms. The van der Waals surface area contributed by atoms with Gasteiger partial charge in [-0.3, -0.25) is 9.89 Å². The molecule has 0 atom stereocenters. The van der Waals surface area contributed by atoms with E-state index in [1.807, 2.05) is 37.3 Å². The third kappa shape index (κ3) is 3.31. The van der Waals surface area contributed by atoms with Gasteiger partial charge in [-0.1, -0.05) is 37.3 Å². The molecule has 3 N–H and O–H groups in total. The molecule has 1 aromatic heterocycles. The Morgan fingerprint density at radius 1 is 1.37 bits per heavy atom. The van der Waals surface area contributed by atoms with Crippen LogP contribution in [0.5, 0.6) is 0 Å². The Bertz CT molecular complexity index is 537. The van der Waals surface area contributed by atoms with Crippen molar-refractivity contribution in [3.63, 3.8) is 0 Å². The van der Waals surface area contributed by atoms with Gasteiger partial charge in [0.25, 0.3) is 5.91 Å². The summed E-state index contributed by atoms with van der Waals surface area (Å²) in [6.45, 7) is 3.24. The van der Waals surface area contributed by atoms with E-state index in [2.05, 4.69) is 15.2 Å². The van der Waals surface area contributed by atoms with Gasteiger partial charge < -0.3 is 10.6 Å².